The predicted octanol–water partition coefficient (Wildman–Crippen LogP) is 8.66. The monoisotopic (exact) mass is 630 g/mol. The van der Waals surface area contributed by atoms with Crippen LogP contribution in [0.3, 0.4) is 0 Å². The Morgan fingerprint density at radius 3 is 2.35 bits per heavy atom. The maximum atomic E-state index is 11.5. The van der Waals surface area contributed by atoms with Crippen LogP contribution in [0.4, 0.5) is 0 Å². The number of aromatic nitrogens is 6. The molecule has 8 aromatic rings. The van der Waals surface area contributed by atoms with E-state index in [1.807, 2.05) is 58.1 Å². The molecule has 0 unspecified atom stereocenters. The summed E-state index contributed by atoms with van der Waals surface area (Å²) < 4.78 is 8.20. The van der Waals surface area contributed by atoms with Gasteiger partial charge < -0.3 is 5.11 Å². The van der Waals surface area contributed by atoms with Gasteiger partial charge in [-0.25, -0.2) is 9.97 Å². The third-order valence-electron chi connectivity index (χ3n) is 9.14. The number of hydrogen-bond acceptors (Lipinski definition) is 3. The SMILES string of the molecule is CC(C)(C)c1cc(-n2[c-][n+](-c3ccccc3-c3cccc(-n4c5ncccc5n5c6ccccc6nc45)c3)cc2)c(O)c(C(C)(C)C)c1. The molecule has 8 rings (SSSR count). The van der Waals surface area contributed by atoms with Gasteiger partial charge in [-0.2, -0.15) is 0 Å². The van der Waals surface area contributed by atoms with Crippen LogP contribution in [0.15, 0.2) is 116 Å². The number of rotatable bonds is 4. The molecule has 238 valence electrons. The van der Waals surface area contributed by atoms with E-state index in [-0.39, 0.29) is 16.6 Å². The smallest absolute Gasteiger partial charge is 0.268 e. The largest absolute Gasteiger partial charge is 0.511 e. The molecule has 4 heterocycles. The molecule has 7 heteroatoms. The highest BCUT2D eigenvalue weighted by atomic mass is 16.3. The van der Waals surface area contributed by atoms with Gasteiger partial charge in [0.05, 0.1) is 27.9 Å². The van der Waals surface area contributed by atoms with Crippen LogP contribution >= 0.6 is 0 Å². The van der Waals surface area contributed by atoms with E-state index in [0.29, 0.717) is 5.69 Å². The third kappa shape index (κ3) is 4.77. The molecule has 1 N–H and O–H groups in total. The minimum Gasteiger partial charge on any atom is -0.511 e. The molecule has 0 saturated carbocycles. The molecule has 0 atom stereocenters. The van der Waals surface area contributed by atoms with Crippen molar-refractivity contribution < 1.29 is 9.67 Å². The summed E-state index contributed by atoms with van der Waals surface area (Å²) in [5.74, 6) is 1.10. The number of phenols is 1. The molecule has 48 heavy (non-hydrogen) atoms. The number of fused-ring (bicyclic) bond motifs is 5. The number of nitrogens with zero attached hydrogens (tertiary/aromatic N) is 6. The van der Waals surface area contributed by atoms with Crippen LogP contribution < -0.4 is 4.57 Å². The fourth-order valence-electron chi connectivity index (χ4n) is 6.60. The number of para-hydroxylation sites is 3. The second-order valence-electron chi connectivity index (χ2n) is 14.5. The Bertz CT molecular complexity index is 2500. The van der Waals surface area contributed by atoms with Crippen molar-refractivity contribution in [2.24, 2.45) is 0 Å². The van der Waals surface area contributed by atoms with Crippen LogP contribution in [-0.4, -0.2) is 28.6 Å². The van der Waals surface area contributed by atoms with Gasteiger partial charge >= 0.3 is 0 Å². The van der Waals surface area contributed by atoms with Gasteiger partial charge in [0.15, 0.2) is 5.65 Å². The first-order valence-corrected chi connectivity index (χ1v) is 16.3. The molecule has 0 bridgehead atoms. The summed E-state index contributed by atoms with van der Waals surface area (Å²) in [6, 6.07) is 33.3. The summed E-state index contributed by atoms with van der Waals surface area (Å²) in [6.07, 6.45) is 9.28. The first-order chi connectivity index (χ1) is 23.0. The van der Waals surface area contributed by atoms with Crippen LogP contribution in [0.2, 0.25) is 0 Å². The van der Waals surface area contributed by atoms with Gasteiger partial charge in [-0.05, 0) is 81.6 Å². The van der Waals surface area contributed by atoms with Crippen molar-refractivity contribution in [3.05, 3.63) is 133 Å². The van der Waals surface area contributed by atoms with E-state index >= 15 is 0 Å². The Hall–Kier alpha value is -5.69. The lowest BCUT2D eigenvalue weighted by Gasteiger charge is -2.27. The lowest BCUT2D eigenvalue weighted by molar-refractivity contribution is -0.598. The summed E-state index contributed by atoms with van der Waals surface area (Å²) in [5.41, 5.74) is 10.4. The van der Waals surface area contributed by atoms with Crippen molar-refractivity contribution in [2.45, 2.75) is 52.4 Å². The fourth-order valence-corrected chi connectivity index (χ4v) is 6.60. The Labute approximate surface area is 280 Å². The molecular weight excluding hydrogens is 592 g/mol. The lowest BCUT2D eigenvalue weighted by atomic mass is 9.79. The summed E-state index contributed by atoms with van der Waals surface area (Å²) in [4.78, 5) is 9.82. The number of hydrogen-bond donors (Lipinski definition) is 1. The second-order valence-corrected chi connectivity index (χ2v) is 14.5. The standard InChI is InChI=1S/C41H38N6O/c1-40(2,3)28-24-31(41(4,5)6)37(48)36(25-28)45-22-21-44(26-45)33-17-9-7-15-30(33)27-13-11-14-29(23-27)46-38-35(19-12-20-42-38)47-34-18-10-8-16-32(34)43-39(46)47/h7-25,48H,1-6H3. The van der Waals surface area contributed by atoms with Gasteiger partial charge in [0.25, 0.3) is 6.33 Å². The zero-order valence-electron chi connectivity index (χ0n) is 28.1. The van der Waals surface area contributed by atoms with E-state index in [9.17, 15) is 5.11 Å². The van der Waals surface area contributed by atoms with Crippen LogP contribution in [0.1, 0.15) is 52.7 Å². The number of phenolic OH excluding ortho intramolecular Hbond substituents is 1. The van der Waals surface area contributed by atoms with Crippen LogP contribution in [0, 0.1) is 6.33 Å². The van der Waals surface area contributed by atoms with E-state index in [2.05, 4.69) is 124 Å². The molecule has 0 saturated heterocycles. The topological polar surface area (TPSA) is 64.2 Å². The Balaban J connectivity index is 1.25. The number of imidazole rings is 3. The lowest BCUT2D eigenvalue weighted by Crippen LogP contribution is -2.29. The van der Waals surface area contributed by atoms with Crippen molar-refractivity contribution in [3.63, 3.8) is 0 Å². The van der Waals surface area contributed by atoms with Crippen LogP contribution in [0.5, 0.6) is 5.75 Å². The highest BCUT2D eigenvalue weighted by molar-refractivity contribution is 5.90. The highest BCUT2D eigenvalue weighted by Crippen LogP contribution is 2.39. The van der Waals surface area contributed by atoms with Crippen LogP contribution in [-0.2, 0) is 10.8 Å². The Morgan fingerprint density at radius 2 is 1.54 bits per heavy atom. The first kappa shape index (κ1) is 29.7. The van der Waals surface area contributed by atoms with Crippen molar-refractivity contribution in [3.8, 4) is 33.9 Å². The number of benzene rings is 4. The fraction of sp³-hybridized carbons (Fsp3) is 0.195. The molecule has 0 spiro atoms. The van der Waals surface area contributed by atoms with Gasteiger partial charge in [0, 0.05) is 18.6 Å². The van der Waals surface area contributed by atoms with Gasteiger partial charge in [-0.3, -0.25) is 18.1 Å². The minimum atomic E-state index is -0.226. The average molecular weight is 631 g/mol. The molecule has 0 radical (unpaired) electrons. The van der Waals surface area contributed by atoms with Crippen molar-refractivity contribution in [1.82, 2.24) is 23.5 Å². The van der Waals surface area contributed by atoms with E-state index < -0.39 is 0 Å². The predicted molar refractivity (Wildman–Crippen MR) is 192 cm³/mol. The zero-order chi connectivity index (χ0) is 33.4. The zero-order valence-corrected chi connectivity index (χ0v) is 28.1. The highest BCUT2D eigenvalue weighted by Gasteiger charge is 2.26. The second kappa shape index (κ2) is 10.7. The van der Waals surface area contributed by atoms with E-state index in [1.54, 1.807) is 0 Å². The molecule has 4 aromatic heterocycles. The summed E-state index contributed by atoms with van der Waals surface area (Å²) >= 11 is 0. The van der Waals surface area contributed by atoms with Gasteiger partial charge in [0.1, 0.15) is 11.4 Å². The third-order valence-corrected chi connectivity index (χ3v) is 9.14. The van der Waals surface area contributed by atoms with Crippen molar-refractivity contribution >= 4 is 28.0 Å². The van der Waals surface area contributed by atoms with Gasteiger partial charge in [-0.15, -0.1) is 0 Å². The summed E-state index contributed by atoms with van der Waals surface area (Å²) in [7, 11) is 0. The van der Waals surface area contributed by atoms with E-state index in [4.69, 9.17) is 9.97 Å². The molecule has 0 aliphatic heterocycles. The van der Waals surface area contributed by atoms with E-state index in [1.165, 1.54) is 0 Å². The van der Waals surface area contributed by atoms with Gasteiger partial charge in [-0.1, -0.05) is 90.1 Å². The molecule has 4 aromatic carbocycles. The summed E-state index contributed by atoms with van der Waals surface area (Å²) in [6.45, 7) is 13.0. The normalized spacial score (nSPS) is 12.5. The first-order valence-electron chi connectivity index (χ1n) is 16.3. The molecule has 0 fully saturated rings. The molecule has 0 aliphatic rings. The number of pyridine rings is 1. The van der Waals surface area contributed by atoms with Crippen molar-refractivity contribution in [2.75, 3.05) is 0 Å². The summed E-state index contributed by atoms with van der Waals surface area (Å²) in [5, 5.41) is 11.5. The van der Waals surface area contributed by atoms with Crippen LogP contribution in [0.25, 0.3) is 56.2 Å². The maximum Gasteiger partial charge on any atom is 0.268 e. The molecule has 7 nitrogen and oxygen atoms in total. The molecular formula is C41H38N6O. The van der Waals surface area contributed by atoms with Gasteiger partial charge in [0.2, 0.25) is 5.78 Å². The van der Waals surface area contributed by atoms with E-state index in [0.717, 1.165) is 61.6 Å². The molecule has 0 aliphatic carbocycles. The quantitative estimate of drug-likeness (QED) is 0.156. The Kier molecular flexibility index (Phi) is 6.60. The molecule has 0 amide bonds. The maximum absolute atomic E-state index is 11.5. The number of aromatic hydroxyl groups is 1. The average Bonchev–Trinajstić information content (AvgIpc) is 3.77. The van der Waals surface area contributed by atoms with Crippen molar-refractivity contribution in [1.29, 1.82) is 0 Å². The Morgan fingerprint density at radius 1 is 0.771 bits per heavy atom. The minimum absolute atomic E-state index is 0.0849.